The van der Waals surface area contributed by atoms with Gasteiger partial charge in [0.2, 0.25) is 5.82 Å². The molecule has 0 radical (unpaired) electrons. The van der Waals surface area contributed by atoms with E-state index in [4.69, 9.17) is 0 Å². The molecule has 8 nitrogen and oxygen atoms in total. The second-order valence-corrected chi connectivity index (χ2v) is 4.51. The van der Waals surface area contributed by atoms with Crippen molar-refractivity contribution in [2.45, 2.75) is 13.0 Å². The summed E-state index contributed by atoms with van der Waals surface area (Å²) in [5, 5.41) is 13.8. The average molecular weight is 282 g/mol. The third-order valence-electron chi connectivity index (χ3n) is 2.91. The molecule has 0 aromatic carbocycles. The van der Waals surface area contributed by atoms with Crippen LogP contribution in [0.4, 0.5) is 11.5 Å². The number of pyridine rings is 1. The van der Waals surface area contributed by atoms with Crippen LogP contribution in [0.2, 0.25) is 0 Å². The number of nitrogens with one attached hydrogen (secondary N) is 1. The molecule has 0 aliphatic carbocycles. The lowest BCUT2D eigenvalue weighted by atomic mass is 10.3. The SMILES string of the molecule is COC(=O)c1ccc([N+](=O)[O-])c(NCC(C)N(C)C)n1. The number of likely N-dealkylation sites (N-methyl/N-ethyl adjacent to an activating group) is 1. The zero-order valence-electron chi connectivity index (χ0n) is 11.9. The van der Waals surface area contributed by atoms with Crippen molar-refractivity contribution in [1.82, 2.24) is 9.88 Å². The second kappa shape index (κ2) is 6.80. The summed E-state index contributed by atoms with van der Waals surface area (Å²) < 4.78 is 4.55. The topological polar surface area (TPSA) is 97.6 Å². The molecule has 8 heteroatoms. The minimum Gasteiger partial charge on any atom is -0.464 e. The molecular weight excluding hydrogens is 264 g/mol. The normalized spacial score (nSPS) is 12.1. The van der Waals surface area contributed by atoms with E-state index < -0.39 is 10.9 Å². The van der Waals surface area contributed by atoms with Crippen molar-refractivity contribution in [2.24, 2.45) is 0 Å². The number of carbonyl (C=O) groups is 1. The summed E-state index contributed by atoms with van der Waals surface area (Å²) in [4.78, 5) is 27.7. The molecular formula is C12H18N4O4. The summed E-state index contributed by atoms with van der Waals surface area (Å²) in [6, 6.07) is 2.66. The molecule has 1 heterocycles. The third-order valence-corrected chi connectivity index (χ3v) is 2.91. The van der Waals surface area contributed by atoms with Crippen molar-refractivity contribution >= 4 is 17.5 Å². The summed E-state index contributed by atoms with van der Waals surface area (Å²) in [6.45, 7) is 2.43. The van der Waals surface area contributed by atoms with Gasteiger partial charge < -0.3 is 15.0 Å². The Morgan fingerprint density at radius 2 is 2.20 bits per heavy atom. The highest BCUT2D eigenvalue weighted by atomic mass is 16.6. The molecule has 1 atom stereocenters. The van der Waals surface area contributed by atoms with E-state index in [0.717, 1.165) is 0 Å². The molecule has 1 aromatic heterocycles. The Morgan fingerprint density at radius 1 is 1.55 bits per heavy atom. The van der Waals surface area contributed by atoms with Crippen molar-refractivity contribution in [3.63, 3.8) is 0 Å². The highest BCUT2D eigenvalue weighted by Gasteiger charge is 2.19. The van der Waals surface area contributed by atoms with Gasteiger partial charge in [-0.15, -0.1) is 0 Å². The molecule has 0 amide bonds. The molecule has 0 spiro atoms. The Labute approximate surface area is 116 Å². The number of hydrogen-bond donors (Lipinski definition) is 1. The highest BCUT2D eigenvalue weighted by Crippen LogP contribution is 2.22. The molecule has 0 saturated heterocycles. The lowest BCUT2D eigenvalue weighted by Crippen LogP contribution is -2.31. The van der Waals surface area contributed by atoms with Gasteiger partial charge in [0.05, 0.1) is 12.0 Å². The first-order valence-corrected chi connectivity index (χ1v) is 6.00. The second-order valence-electron chi connectivity index (χ2n) is 4.51. The van der Waals surface area contributed by atoms with Gasteiger partial charge in [-0.25, -0.2) is 9.78 Å². The van der Waals surface area contributed by atoms with Crippen LogP contribution >= 0.6 is 0 Å². The number of carbonyl (C=O) groups excluding carboxylic acids is 1. The Hall–Kier alpha value is -2.22. The Bertz CT molecular complexity index is 504. The van der Waals surface area contributed by atoms with Crippen LogP contribution in [0.5, 0.6) is 0 Å². The Morgan fingerprint density at radius 3 is 2.70 bits per heavy atom. The summed E-state index contributed by atoms with van der Waals surface area (Å²) in [6.07, 6.45) is 0. The molecule has 110 valence electrons. The molecule has 1 N–H and O–H groups in total. The van der Waals surface area contributed by atoms with Crippen LogP contribution in [0.3, 0.4) is 0 Å². The van der Waals surface area contributed by atoms with Gasteiger partial charge in [-0.1, -0.05) is 0 Å². The summed E-state index contributed by atoms with van der Waals surface area (Å²) in [5.74, 6) is -0.574. The molecule has 0 bridgehead atoms. The molecule has 0 fully saturated rings. The zero-order chi connectivity index (χ0) is 15.3. The molecule has 1 unspecified atom stereocenters. The van der Waals surface area contributed by atoms with Gasteiger partial charge in [-0.2, -0.15) is 0 Å². The molecule has 0 saturated carbocycles. The number of ether oxygens (including phenoxy) is 1. The van der Waals surface area contributed by atoms with E-state index >= 15 is 0 Å². The fourth-order valence-electron chi connectivity index (χ4n) is 1.37. The Balaban J connectivity index is 3.00. The standard InChI is InChI=1S/C12H18N4O4/c1-8(15(2)3)7-13-11-10(16(18)19)6-5-9(14-11)12(17)20-4/h5-6,8H,7H2,1-4H3,(H,13,14). The fraction of sp³-hybridized carbons (Fsp3) is 0.500. The van der Waals surface area contributed by atoms with Crippen molar-refractivity contribution in [1.29, 1.82) is 0 Å². The van der Waals surface area contributed by atoms with Gasteiger partial charge in [0.1, 0.15) is 0 Å². The number of esters is 1. The lowest BCUT2D eigenvalue weighted by Gasteiger charge is -2.20. The molecule has 1 rings (SSSR count). The number of hydrogen-bond acceptors (Lipinski definition) is 7. The minimum atomic E-state index is -0.636. The van der Waals surface area contributed by atoms with E-state index in [0.29, 0.717) is 6.54 Å². The van der Waals surface area contributed by atoms with Gasteiger partial charge >= 0.3 is 11.7 Å². The monoisotopic (exact) mass is 282 g/mol. The van der Waals surface area contributed by atoms with Gasteiger partial charge in [-0.05, 0) is 27.1 Å². The van der Waals surface area contributed by atoms with Gasteiger partial charge in [0, 0.05) is 18.7 Å². The van der Waals surface area contributed by atoms with E-state index in [-0.39, 0.29) is 23.2 Å². The summed E-state index contributed by atoms with van der Waals surface area (Å²) in [5.41, 5.74) is -0.151. The molecule has 1 aromatic rings. The van der Waals surface area contributed by atoms with E-state index in [2.05, 4.69) is 15.0 Å². The Kier molecular flexibility index (Phi) is 5.39. The van der Waals surface area contributed by atoms with E-state index in [9.17, 15) is 14.9 Å². The number of anilines is 1. The van der Waals surface area contributed by atoms with Crippen LogP contribution in [-0.4, -0.2) is 54.6 Å². The number of nitrogens with zero attached hydrogens (tertiary/aromatic N) is 3. The predicted molar refractivity (Wildman–Crippen MR) is 73.9 cm³/mol. The van der Waals surface area contributed by atoms with E-state index in [1.807, 2.05) is 25.9 Å². The first-order chi connectivity index (χ1) is 9.36. The van der Waals surface area contributed by atoms with Crippen LogP contribution in [0.25, 0.3) is 0 Å². The summed E-state index contributed by atoms with van der Waals surface area (Å²) in [7, 11) is 5.03. The quantitative estimate of drug-likeness (QED) is 0.474. The number of rotatable bonds is 6. The van der Waals surface area contributed by atoms with E-state index in [1.165, 1.54) is 19.2 Å². The third kappa shape index (κ3) is 3.89. The van der Waals surface area contributed by atoms with Crippen LogP contribution in [0.1, 0.15) is 17.4 Å². The average Bonchev–Trinajstić information content (AvgIpc) is 2.43. The largest absolute Gasteiger partial charge is 0.464 e. The summed E-state index contributed by atoms with van der Waals surface area (Å²) >= 11 is 0. The number of nitro groups is 1. The van der Waals surface area contributed by atoms with Crippen LogP contribution in [-0.2, 0) is 4.74 Å². The molecule has 20 heavy (non-hydrogen) atoms. The molecule has 0 aliphatic rings. The van der Waals surface area contributed by atoms with Crippen LogP contribution in [0, 0.1) is 10.1 Å². The first kappa shape index (κ1) is 15.8. The predicted octanol–water partition coefficient (Wildman–Crippen LogP) is 1.14. The van der Waals surface area contributed by atoms with Crippen molar-refractivity contribution < 1.29 is 14.5 Å². The van der Waals surface area contributed by atoms with Gasteiger partial charge in [0.25, 0.3) is 0 Å². The van der Waals surface area contributed by atoms with Crippen molar-refractivity contribution in [3.8, 4) is 0 Å². The van der Waals surface area contributed by atoms with Crippen LogP contribution in [0.15, 0.2) is 12.1 Å². The van der Waals surface area contributed by atoms with E-state index in [1.54, 1.807) is 0 Å². The maximum atomic E-state index is 11.4. The minimum absolute atomic E-state index is 0.0260. The smallest absolute Gasteiger partial charge is 0.356 e. The highest BCUT2D eigenvalue weighted by molar-refractivity contribution is 5.88. The maximum Gasteiger partial charge on any atom is 0.356 e. The first-order valence-electron chi connectivity index (χ1n) is 6.00. The number of methoxy groups -OCH3 is 1. The fourth-order valence-corrected chi connectivity index (χ4v) is 1.37. The molecule has 0 aliphatic heterocycles. The van der Waals surface area contributed by atoms with Crippen molar-refractivity contribution in [3.05, 3.63) is 27.9 Å². The van der Waals surface area contributed by atoms with Crippen LogP contribution < -0.4 is 5.32 Å². The van der Waals surface area contributed by atoms with Gasteiger partial charge in [0.15, 0.2) is 5.69 Å². The maximum absolute atomic E-state index is 11.4. The van der Waals surface area contributed by atoms with Gasteiger partial charge in [-0.3, -0.25) is 10.1 Å². The van der Waals surface area contributed by atoms with Crippen molar-refractivity contribution in [2.75, 3.05) is 33.1 Å². The zero-order valence-corrected chi connectivity index (χ0v) is 11.9. The number of aromatic nitrogens is 1. The lowest BCUT2D eigenvalue weighted by molar-refractivity contribution is -0.384.